The first-order valence-corrected chi connectivity index (χ1v) is 8.00. The van der Waals surface area contributed by atoms with Crippen LogP contribution in [-0.2, 0) is 20.1 Å². The summed E-state index contributed by atoms with van der Waals surface area (Å²) in [5.41, 5.74) is 1.37. The lowest BCUT2D eigenvalue weighted by Crippen LogP contribution is -2.45. The van der Waals surface area contributed by atoms with Gasteiger partial charge in [-0.15, -0.1) is 10.2 Å². The van der Waals surface area contributed by atoms with Crippen LogP contribution in [-0.4, -0.2) is 55.9 Å². The van der Waals surface area contributed by atoms with E-state index in [-0.39, 0.29) is 5.82 Å². The number of hydrogen-bond acceptors (Lipinski definition) is 6. The smallest absolute Gasteiger partial charge is 0.170 e. The molecule has 0 aliphatic carbocycles. The third-order valence-corrected chi connectivity index (χ3v) is 4.52. The molecule has 4 rings (SSSR count). The topological polar surface area (TPSA) is 63.2 Å². The Hall–Kier alpha value is -2.32. The minimum Gasteiger partial charge on any atom is -0.356 e. The van der Waals surface area contributed by atoms with Gasteiger partial charge in [0.1, 0.15) is 23.7 Å². The average Bonchev–Trinajstić information content (AvgIpc) is 3.16. The second kappa shape index (κ2) is 6.29. The van der Waals surface area contributed by atoms with Crippen LogP contribution in [0.25, 0.3) is 11.0 Å². The van der Waals surface area contributed by atoms with Gasteiger partial charge >= 0.3 is 0 Å². The summed E-state index contributed by atoms with van der Waals surface area (Å²) in [6.45, 7) is 5.38. The number of hydrogen-bond donors (Lipinski definition) is 0. The molecule has 1 aromatic carbocycles. The van der Waals surface area contributed by atoms with Gasteiger partial charge in [0.25, 0.3) is 0 Å². The minimum atomic E-state index is -0.303. The van der Waals surface area contributed by atoms with E-state index >= 15 is 0 Å². The van der Waals surface area contributed by atoms with Gasteiger partial charge in [-0.2, -0.15) is 0 Å². The fourth-order valence-electron chi connectivity index (χ4n) is 3.05. The molecule has 0 radical (unpaired) electrons. The van der Waals surface area contributed by atoms with Crippen LogP contribution in [0.5, 0.6) is 0 Å². The summed E-state index contributed by atoms with van der Waals surface area (Å²) in [4.78, 5) is 4.71. The zero-order chi connectivity index (χ0) is 16.5. The molecule has 1 aliphatic rings. The van der Waals surface area contributed by atoms with Crippen molar-refractivity contribution in [2.24, 2.45) is 7.05 Å². The van der Waals surface area contributed by atoms with Gasteiger partial charge in [-0.3, -0.25) is 9.80 Å². The van der Waals surface area contributed by atoms with Crippen molar-refractivity contribution in [3.63, 3.8) is 0 Å². The fourth-order valence-corrected chi connectivity index (χ4v) is 3.05. The maximum Gasteiger partial charge on any atom is 0.170 e. The number of fused-ring (bicyclic) bond motifs is 1. The predicted octanol–water partition coefficient (Wildman–Crippen LogP) is 1.41. The molecule has 1 fully saturated rings. The molecule has 1 saturated heterocycles. The molecule has 3 aromatic rings. The summed E-state index contributed by atoms with van der Waals surface area (Å²) in [6.07, 6.45) is 1.73. The number of benzene rings is 1. The van der Waals surface area contributed by atoms with Crippen molar-refractivity contribution in [3.8, 4) is 0 Å². The van der Waals surface area contributed by atoms with Crippen molar-refractivity contribution in [3.05, 3.63) is 41.9 Å². The number of rotatable bonds is 4. The largest absolute Gasteiger partial charge is 0.356 e. The number of halogens is 1. The Labute approximate surface area is 138 Å². The van der Waals surface area contributed by atoms with E-state index in [2.05, 4.69) is 25.2 Å². The van der Waals surface area contributed by atoms with E-state index in [4.69, 9.17) is 4.52 Å². The zero-order valence-corrected chi connectivity index (χ0v) is 13.5. The van der Waals surface area contributed by atoms with Gasteiger partial charge in [-0.1, -0.05) is 5.16 Å². The van der Waals surface area contributed by atoms with Crippen molar-refractivity contribution in [1.29, 1.82) is 0 Å². The molecular formula is C16H19FN6O. The van der Waals surface area contributed by atoms with Crippen molar-refractivity contribution in [2.75, 3.05) is 26.2 Å². The molecule has 0 amide bonds. The Morgan fingerprint density at radius 2 is 1.88 bits per heavy atom. The van der Waals surface area contributed by atoms with Crippen LogP contribution in [0.15, 0.2) is 29.0 Å². The summed E-state index contributed by atoms with van der Waals surface area (Å²) in [5.74, 6) is 0.676. The number of piperazine rings is 1. The molecule has 2 aromatic heterocycles. The molecular weight excluding hydrogens is 311 g/mol. The normalized spacial score (nSPS) is 16.9. The standard InChI is InChI=1S/C16H19FN6O/c1-21-11-18-19-16(21)10-23-6-4-22(5-7-23)9-14-13-3-2-12(17)8-15(13)24-20-14/h2-3,8,11H,4-7,9-10H2,1H3. The van der Waals surface area contributed by atoms with Crippen LogP contribution in [0.3, 0.4) is 0 Å². The minimum absolute atomic E-state index is 0.303. The molecule has 126 valence electrons. The Kier molecular flexibility index (Phi) is 3.99. The average molecular weight is 330 g/mol. The Morgan fingerprint density at radius 3 is 2.58 bits per heavy atom. The molecule has 24 heavy (non-hydrogen) atoms. The highest BCUT2D eigenvalue weighted by atomic mass is 19.1. The molecule has 8 heteroatoms. The highest BCUT2D eigenvalue weighted by Gasteiger charge is 2.20. The lowest BCUT2D eigenvalue weighted by Gasteiger charge is -2.33. The lowest BCUT2D eigenvalue weighted by atomic mass is 10.2. The van der Waals surface area contributed by atoms with Gasteiger partial charge in [0.05, 0.1) is 6.54 Å². The van der Waals surface area contributed by atoms with Gasteiger partial charge < -0.3 is 9.09 Å². The highest BCUT2D eigenvalue weighted by Crippen LogP contribution is 2.21. The molecule has 0 unspecified atom stereocenters. The number of nitrogens with zero attached hydrogens (tertiary/aromatic N) is 6. The van der Waals surface area contributed by atoms with E-state index < -0.39 is 0 Å². The summed E-state index contributed by atoms with van der Waals surface area (Å²) in [5, 5.41) is 13.0. The van der Waals surface area contributed by atoms with Crippen molar-refractivity contribution in [2.45, 2.75) is 13.1 Å². The van der Waals surface area contributed by atoms with E-state index in [1.165, 1.54) is 12.1 Å². The molecule has 1 aliphatic heterocycles. The first-order valence-electron chi connectivity index (χ1n) is 8.00. The Morgan fingerprint density at radius 1 is 1.12 bits per heavy atom. The van der Waals surface area contributed by atoms with Crippen LogP contribution in [0, 0.1) is 5.82 Å². The first kappa shape index (κ1) is 15.2. The van der Waals surface area contributed by atoms with E-state index in [1.54, 1.807) is 12.4 Å². The molecule has 0 N–H and O–H groups in total. The molecule has 0 bridgehead atoms. The summed E-state index contributed by atoms with van der Waals surface area (Å²) < 4.78 is 20.4. The lowest BCUT2D eigenvalue weighted by molar-refractivity contribution is 0.117. The summed E-state index contributed by atoms with van der Waals surface area (Å²) in [6, 6.07) is 4.56. The van der Waals surface area contributed by atoms with E-state index in [0.717, 1.165) is 56.2 Å². The molecule has 0 spiro atoms. The van der Waals surface area contributed by atoms with Crippen molar-refractivity contribution >= 4 is 11.0 Å². The molecule has 0 atom stereocenters. The van der Waals surface area contributed by atoms with Crippen LogP contribution in [0.2, 0.25) is 0 Å². The van der Waals surface area contributed by atoms with Crippen molar-refractivity contribution < 1.29 is 8.91 Å². The highest BCUT2D eigenvalue weighted by molar-refractivity contribution is 5.79. The van der Waals surface area contributed by atoms with Crippen LogP contribution in [0.4, 0.5) is 4.39 Å². The predicted molar refractivity (Wildman–Crippen MR) is 85.5 cm³/mol. The number of aromatic nitrogens is 4. The number of aryl methyl sites for hydroxylation is 1. The van der Waals surface area contributed by atoms with Gasteiger partial charge in [0, 0.05) is 51.2 Å². The molecule has 7 nitrogen and oxygen atoms in total. The van der Waals surface area contributed by atoms with E-state index in [9.17, 15) is 4.39 Å². The summed E-state index contributed by atoms with van der Waals surface area (Å²) in [7, 11) is 1.96. The molecule has 3 heterocycles. The van der Waals surface area contributed by atoms with Crippen LogP contribution < -0.4 is 0 Å². The quantitative estimate of drug-likeness (QED) is 0.721. The second-order valence-corrected chi connectivity index (χ2v) is 6.18. The summed E-state index contributed by atoms with van der Waals surface area (Å²) >= 11 is 0. The van der Waals surface area contributed by atoms with E-state index in [0.29, 0.717) is 5.58 Å². The fraction of sp³-hybridized carbons (Fsp3) is 0.438. The SMILES string of the molecule is Cn1cnnc1CN1CCN(Cc2noc3cc(F)ccc23)CC1. The molecule has 0 saturated carbocycles. The van der Waals surface area contributed by atoms with Crippen LogP contribution in [0.1, 0.15) is 11.5 Å². The third kappa shape index (κ3) is 3.02. The van der Waals surface area contributed by atoms with Gasteiger partial charge in [-0.05, 0) is 12.1 Å². The Balaban J connectivity index is 1.36. The van der Waals surface area contributed by atoms with Gasteiger partial charge in [0.2, 0.25) is 0 Å². The van der Waals surface area contributed by atoms with Crippen LogP contribution >= 0.6 is 0 Å². The zero-order valence-electron chi connectivity index (χ0n) is 13.5. The second-order valence-electron chi connectivity index (χ2n) is 6.18. The maximum atomic E-state index is 13.2. The van der Waals surface area contributed by atoms with Crippen molar-refractivity contribution in [1.82, 2.24) is 29.7 Å². The first-order chi connectivity index (χ1) is 11.7. The maximum absolute atomic E-state index is 13.2. The Bertz CT molecular complexity index is 836. The van der Waals surface area contributed by atoms with Gasteiger partial charge in [0.15, 0.2) is 5.58 Å². The van der Waals surface area contributed by atoms with Gasteiger partial charge in [-0.25, -0.2) is 4.39 Å². The third-order valence-electron chi connectivity index (χ3n) is 4.52. The van der Waals surface area contributed by atoms with E-state index in [1.807, 2.05) is 11.6 Å². The monoisotopic (exact) mass is 330 g/mol.